The van der Waals surface area contributed by atoms with Crippen LogP contribution < -0.4 is 10.6 Å². The van der Waals surface area contributed by atoms with Crippen LogP contribution in [0.25, 0.3) is 10.9 Å². The minimum atomic E-state index is 0.583. The number of rotatable bonds is 5. The third-order valence-electron chi connectivity index (χ3n) is 3.11. The largest absolute Gasteiger partial charge is 0.399 e. The molecule has 0 bridgehead atoms. The SMILES string of the molecule is CC(C)CN(CC(C)C)c1ncnc2ccc(N)cc12. The zero-order valence-electron chi connectivity index (χ0n) is 12.8. The summed E-state index contributed by atoms with van der Waals surface area (Å²) in [5.41, 5.74) is 7.62. The standard InChI is InChI=1S/C16H24N4/c1-11(2)8-20(9-12(3)4)16-14-7-13(17)5-6-15(14)18-10-19-16/h5-7,10-12H,8-9,17H2,1-4H3. The summed E-state index contributed by atoms with van der Waals surface area (Å²) in [6.45, 7) is 10.9. The zero-order valence-corrected chi connectivity index (χ0v) is 12.8. The molecule has 2 aromatic rings. The maximum Gasteiger partial charge on any atom is 0.139 e. The van der Waals surface area contributed by atoms with E-state index in [1.54, 1.807) is 6.33 Å². The van der Waals surface area contributed by atoms with E-state index in [0.717, 1.165) is 35.5 Å². The smallest absolute Gasteiger partial charge is 0.139 e. The molecule has 0 radical (unpaired) electrons. The van der Waals surface area contributed by atoms with Crippen molar-refractivity contribution in [1.29, 1.82) is 0 Å². The number of nitrogen functional groups attached to an aromatic ring is 1. The van der Waals surface area contributed by atoms with Gasteiger partial charge in [0.2, 0.25) is 0 Å². The molecule has 20 heavy (non-hydrogen) atoms. The molecule has 0 saturated heterocycles. The first kappa shape index (κ1) is 14.6. The molecule has 1 heterocycles. The van der Waals surface area contributed by atoms with E-state index in [9.17, 15) is 0 Å². The fourth-order valence-corrected chi connectivity index (χ4v) is 2.44. The van der Waals surface area contributed by atoms with Crippen LogP contribution in [0.2, 0.25) is 0 Å². The van der Waals surface area contributed by atoms with Gasteiger partial charge in [0.15, 0.2) is 0 Å². The summed E-state index contributed by atoms with van der Waals surface area (Å²) in [5, 5.41) is 1.04. The summed E-state index contributed by atoms with van der Waals surface area (Å²) in [4.78, 5) is 11.2. The van der Waals surface area contributed by atoms with E-state index in [2.05, 4.69) is 42.6 Å². The van der Waals surface area contributed by atoms with Crippen molar-refractivity contribution in [2.24, 2.45) is 11.8 Å². The number of nitrogens with zero attached hydrogens (tertiary/aromatic N) is 3. The number of nitrogens with two attached hydrogens (primary N) is 1. The van der Waals surface area contributed by atoms with Crippen LogP contribution >= 0.6 is 0 Å². The Bertz CT molecular complexity index is 568. The van der Waals surface area contributed by atoms with Crippen molar-refractivity contribution in [1.82, 2.24) is 9.97 Å². The fraction of sp³-hybridized carbons (Fsp3) is 0.500. The van der Waals surface area contributed by atoms with Crippen molar-refractivity contribution in [3.05, 3.63) is 24.5 Å². The molecule has 0 aliphatic rings. The molecule has 108 valence electrons. The molecule has 0 fully saturated rings. The summed E-state index contributed by atoms with van der Waals surface area (Å²) >= 11 is 0. The van der Waals surface area contributed by atoms with Crippen molar-refractivity contribution in [2.45, 2.75) is 27.7 Å². The first-order valence-corrected chi connectivity index (χ1v) is 7.22. The molecule has 1 aromatic carbocycles. The number of hydrogen-bond donors (Lipinski definition) is 1. The molecule has 0 saturated carbocycles. The summed E-state index contributed by atoms with van der Waals surface area (Å²) in [5.74, 6) is 2.16. The van der Waals surface area contributed by atoms with E-state index in [-0.39, 0.29) is 0 Å². The van der Waals surface area contributed by atoms with Gasteiger partial charge in [-0.05, 0) is 30.0 Å². The van der Waals surface area contributed by atoms with Gasteiger partial charge in [-0.15, -0.1) is 0 Å². The highest BCUT2D eigenvalue weighted by molar-refractivity contribution is 5.91. The Morgan fingerprint density at radius 3 is 2.30 bits per heavy atom. The quantitative estimate of drug-likeness (QED) is 0.848. The Labute approximate surface area is 121 Å². The second-order valence-electron chi connectivity index (χ2n) is 6.17. The van der Waals surface area contributed by atoms with Crippen LogP contribution in [0.5, 0.6) is 0 Å². The Morgan fingerprint density at radius 1 is 1.05 bits per heavy atom. The minimum Gasteiger partial charge on any atom is -0.399 e. The molecule has 0 aliphatic heterocycles. The maximum absolute atomic E-state index is 5.92. The molecular weight excluding hydrogens is 248 g/mol. The van der Waals surface area contributed by atoms with Crippen molar-refractivity contribution in [2.75, 3.05) is 23.7 Å². The van der Waals surface area contributed by atoms with E-state index < -0.39 is 0 Å². The van der Waals surface area contributed by atoms with E-state index >= 15 is 0 Å². The summed E-state index contributed by atoms with van der Waals surface area (Å²) in [6.07, 6.45) is 1.64. The highest BCUT2D eigenvalue weighted by Gasteiger charge is 2.15. The van der Waals surface area contributed by atoms with Gasteiger partial charge >= 0.3 is 0 Å². The van der Waals surface area contributed by atoms with Crippen molar-refractivity contribution < 1.29 is 0 Å². The molecule has 1 aromatic heterocycles. The van der Waals surface area contributed by atoms with Crippen molar-refractivity contribution in [3.63, 3.8) is 0 Å². The van der Waals surface area contributed by atoms with E-state index in [0.29, 0.717) is 11.8 Å². The molecular formula is C16H24N4. The highest BCUT2D eigenvalue weighted by Crippen LogP contribution is 2.26. The maximum atomic E-state index is 5.92. The van der Waals surface area contributed by atoms with Crippen LogP contribution in [0.1, 0.15) is 27.7 Å². The van der Waals surface area contributed by atoms with Gasteiger partial charge in [-0.25, -0.2) is 9.97 Å². The lowest BCUT2D eigenvalue weighted by Gasteiger charge is -2.28. The van der Waals surface area contributed by atoms with Gasteiger partial charge in [0.1, 0.15) is 12.1 Å². The predicted molar refractivity (Wildman–Crippen MR) is 85.8 cm³/mol. The van der Waals surface area contributed by atoms with Gasteiger partial charge in [0.05, 0.1) is 5.52 Å². The second kappa shape index (κ2) is 6.07. The van der Waals surface area contributed by atoms with Gasteiger partial charge in [-0.2, -0.15) is 0 Å². The monoisotopic (exact) mass is 272 g/mol. The fourth-order valence-electron chi connectivity index (χ4n) is 2.44. The lowest BCUT2D eigenvalue weighted by atomic mass is 10.1. The molecule has 2 N–H and O–H groups in total. The second-order valence-corrected chi connectivity index (χ2v) is 6.17. The van der Waals surface area contributed by atoms with E-state index in [1.165, 1.54) is 0 Å². The lowest BCUT2D eigenvalue weighted by Crippen LogP contribution is -2.32. The van der Waals surface area contributed by atoms with Crippen LogP contribution in [0, 0.1) is 11.8 Å². The van der Waals surface area contributed by atoms with Gasteiger partial charge in [-0.3, -0.25) is 0 Å². The molecule has 0 amide bonds. The first-order chi connectivity index (χ1) is 9.47. The Balaban J connectivity index is 2.48. The Kier molecular flexibility index (Phi) is 4.42. The third-order valence-corrected chi connectivity index (χ3v) is 3.11. The summed E-state index contributed by atoms with van der Waals surface area (Å²) in [7, 11) is 0. The van der Waals surface area contributed by atoms with Gasteiger partial charge in [0.25, 0.3) is 0 Å². The van der Waals surface area contributed by atoms with Gasteiger partial charge in [0, 0.05) is 24.2 Å². The highest BCUT2D eigenvalue weighted by atomic mass is 15.2. The van der Waals surface area contributed by atoms with Gasteiger partial charge < -0.3 is 10.6 Å². The number of aromatic nitrogens is 2. The van der Waals surface area contributed by atoms with Crippen LogP contribution in [0.3, 0.4) is 0 Å². The average molecular weight is 272 g/mol. The summed E-state index contributed by atoms with van der Waals surface area (Å²) < 4.78 is 0. The first-order valence-electron chi connectivity index (χ1n) is 7.22. The van der Waals surface area contributed by atoms with Gasteiger partial charge in [-0.1, -0.05) is 27.7 Å². The number of anilines is 2. The van der Waals surface area contributed by atoms with Crippen LogP contribution in [-0.2, 0) is 0 Å². The Morgan fingerprint density at radius 2 is 1.70 bits per heavy atom. The van der Waals surface area contributed by atoms with Crippen molar-refractivity contribution in [3.8, 4) is 0 Å². The lowest BCUT2D eigenvalue weighted by molar-refractivity contribution is 0.550. The number of hydrogen-bond acceptors (Lipinski definition) is 4. The molecule has 0 atom stereocenters. The van der Waals surface area contributed by atoms with E-state index in [4.69, 9.17) is 5.73 Å². The van der Waals surface area contributed by atoms with Crippen molar-refractivity contribution >= 4 is 22.4 Å². The molecule has 0 aliphatic carbocycles. The molecule has 2 rings (SSSR count). The van der Waals surface area contributed by atoms with E-state index in [1.807, 2.05) is 18.2 Å². The van der Waals surface area contributed by atoms with Crippen LogP contribution in [0.4, 0.5) is 11.5 Å². The topological polar surface area (TPSA) is 55.0 Å². The predicted octanol–water partition coefficient (Wildman–Crippen LogP) is 3.33. The van der Waals surface area contributed by atoms with Crippen LogP contribution in [0.15, 0.2) is 24.5 Å². The summed E-state index contributed by atoms with van der Waals surface area (Å²) in [6, 6.07) is 5.81. The minimum absolute atomic E-state index is 0.583. The molecule has 0 spiro atoms. The van der Waals surface area contributed by atoms with Crippen LogP contribution in [-0.4, -0.2) is 23.1 Å². The average Bonchev–Trinajstić information content (AvgIpc) is 2.36. The molecule has 0 unspecified atom stereocenters. The molecule has 4 heteroatoms. The zero-order chi connectivity index (χ0) is 14.7. The number of fused-ring (bicyclic) bond motifs is 1. The third kappa shape index (κ3) is 3.38. The Hall–Kier alpha value is -1.84. The number of benzene rings is 1. The normalized spacial score (nSPS) is 11.5. The molecule has 4 nitrogen and oxygen atoms in total.